The number of methoxy groups -OCH3 is 1. The largest absolute Gasteiger partial charge is 0.495 e. The summed E-state index contributed by atoms with van der Waals surface area (Å²) in [6.45, 7) is 9.77. The molecule has 0 aliphatic carbocycles. The highest BCUT2D eigenvalue weighted by atomic mass is 35.5. The van der Waals surface area contributed by atoms with Crippen LogP contribution in [0.25, 0.3) is 6.08 Å². The maximum Gasteiger partial charge on any atom is 0.254 e. The second kappa shape index (κ2) is 10.9. The zero-order valence-corrected chi connectivity index (χ0v) is 20.6. The summed E-state index contributed by atoms with van der Waals surface area (Å²) in [6, 6.07) is 5.07. The molecule has 0 spiro atoms. The molecular formula is C24H32ClN5O3. The number of amides is 2. The Morgan fingerprint density at radius 1 is 1.24 bits per heavy atom. The average molecular weight is 474 g/mol. The maximum absolute atomic E-state index is 12.9. The molecule has 1 aliphatic rings. The number of carbonyl (C=O) groups excluding carboxylic acids is 2. The number of ether oxygens (including phenoxy) is 1. The molecule has 0 unspecified atom stereocenters. The van der Waals surface area contributed by atoms with E-state index in [1.807, 2.05) is 18.9 Å². The van der Waals surface area contributed by atoms with E-state index in [1.54, 1.807) is 29.0 Å². The van der Waals surface area contributed by atoms with Gasteiger partial charge in [-0.2, -0.15) is 5.10 Å². The number of nitrogens with zero attached hydrogens (tertiary/aromatic N) is 4. The molecule has 2 aromatic rings. The van der Waals surface area contributed by atoms with Gasteiger partial charge in [-0.15, -0.1) is 0 Å². The average Bonchev–Trinajstić information content (AvgIpc) is 3.04. The number of aromatic nitrogens is 2. The molecular weight excluding hydrogens is 442 g/mol. The lowest BCUT2D eigenvalue weighted by molar-refractivity contribution is -0.111. The molecule has 1 fully saturated rings. The van der Waals surface area contributed by atoms with Gasteiger partial charge in [-0.1, -0.05) is 25.4 Å². The summed E-state index contributed by atoms with van der Waals surface area (Å²) < 4.78 is 7.12. The second-order valence-corrected chi connectivity index (χ2v) is 9.06. The first-order valence-corrected chi connectivity index (χ1v) is 11.4. The van der Waals surface area contributed by atoms with Crippen molar-refractivity contribution in [3.8, 4) is 5.75 Å². The van der Waals surface area contributed by atoms with Gasteiger partial charge in [0.1, 0.15) is 10.9 Å². The van der Waals surface area contributed by atoms with E-state index in [2.05, 4.69) is 29.2 Å². The van der Waals surface area contributed by atoms with E-state index >= 15 is 0 Å². The van der Waals surface area contributed by atoms with Gasteiger partial charge in [-0.3, -0.25) is 14.3 Å². The minimum atomic E-state index is -0.357. The van der Waals surface area contributed by atoms with Crippen LogP contribution in [0.4, 0.5) is 5.69 Å². The Morgan fingerprint density at radius 2 is 1.94 bits per heavy atom. The van der Waals surface area contributed by atoms with E-state index in [1.165, 1.54) is 13.2 Å². The van der Waals surface area contributed by atoms with Crippen LogP contribution in [0.1, 0.15) is 35.5 Å². The zero-order chi connectivity index (χ0) is 24.1. The fourth-order valence-corrected chi connectivity index (χ4v) is 3.99. The summed E-state index contributed by atoms with van der Waals surface area (Å²) in [4.78, 5) is 29.6. The van der Waals surface area contributed by atoms with Crippen molar-refractivity contribution in [3.63, 3.8) is 0 Å². The van der Waals surface area contributed by atoms with Crippen LogP contribution in [0.5, 0.6) is 5.75 Å². The van der Waals surface area contributed by atoms with Crippen LogP contribution >= 0.6 is 11.6 Å². The van der Waals surface area contributed by atoms with Crippen LogP contribution in [0.15, 0.2) is 24.3 Å². The minimum absolute atomic E-state index is 0.0585. The number of piperazine rings is 1. The Balaban J connectivity index is 1.74. The van der Waals surface area contributed by atoms with Gasteiger partial charge >= 0.3 is 0 Å². The van der Waals surface area contributed by atoms with Crippen molar-refractivity contribution in [2.24, 2.45) is 5.92 Å². The molecule has 1 aliphatic heterocycles. The Morgan fingerprint density at radius 3 is 2.58 bits per heavy atom. The van der Waals surface area contributed by atoms with E-state index in [4.69, 9.17) is 16.3 Å². The topological polar surface area (TPSA) is 79.7 Å². The van der Waals surface area contributed by atoms with Crippen LogP contribution in [0.2, 0.25) is 5.15 Å². The number of hydrogen-bond acceptors (Lipinski definition) is 5. The number of benzene rings is 1. The van der Waals surface area contributed by atoms with Crippen molar-refractivity contribution < 1.29 is 14.3 Å². The smallest absolute Gasteiger partial charge is 0.254 e. The van der Waals surface area contributed by atoms with Crippen LogP contribution in [0.3, 0.4) is 0 Å². The predicted molar refractivity (Wildman–Crippen MR) is 131 cm³/mol. The summed E-state index contributed by atoms with van der Waals surface area (Å²) in [5, 5.41) is 7.77. The third-order valence-electron chi connectivity index (χ3n) is 5.54. The molecule has 0 radical (unpaired) electrons. The summed E-state index contributed by atoms with van der Waals surface area (Å²) >= 11 is 6.46. The van der Waals surface area contributed by atoms with Gasteiger partial charge in [0.25, 0.3) is 5.91 Å². The van der Waals surface area contributed by atoms with Crippen LogP contribution in [0, 0.1) is 12.8 Å². The van der Waals surface area contributed by atoms with Gasteiger partial charge < -0.3 is 19.9 Å². The lowest BCUT2D eigenvalue weighted by atomic mass is 10.1. The number of aryl methyl sites for hydroxylation is 1. The lowest BCUT2D eigenvalue weighted by Crippen LogP contribution is -2.47. The summed E-state index contributed by atoms with van der Waals surface area (Å²) in [5.74, 6) is 0.460. The Labute approximate surface area is 200 Å². The number of nitrogens with one attached hydrogen (secondary N) is 1. The molecule has 0 atom stereocenters. The van der Waals surface area contributed by atoms with Crippen LogP contribution in [-0.4, -0.2) is 71.7 Å². The predicted octanol–water partition coefficient (Wildman–Crippen LogP) is 3.55. The number of rotatable bonds is 7. The van der Waals surface area contributed by atoms with E-state index in [0.29, 0.717) is 53.3 Å². The SMILES string of the molecule is COc1ccc(C(=O)N2CCN(C)CC2)cc1NC(=O)/C=C/c1c(C)nn(CC(C)C)c1Cl. The normalized spacial score (nSPS) is 14.8. The quantitative estimate of drug-likeness (QED) is 0.622. The minimum Gasteiger partial charge on any atom is -0.495 e. The van der Waals surface area contributed by atoms with Gasteiger partial charge in [0.05, 0.1) is 18.5 Å². The number of anilines is 1. The number of carbonyl (C=O) groups is 2. The molecule has 3 rings (SSSR count). The molecule has 2 amide bonds. The Bertz CT molecular complexity index is 1040. The van der Waals surface area contributed by atoms with Crippen molar-refractivity contribution in [1.82, 2.24) is 19.6 Å². The van der Waals surface area contributed by atoms with Gasteiger partial charge in [-0.05, 0) is 44.2 Å². The third kappa shape index (κ3) is 6.15. The molecule has 33 heavy (non-hydrogen) atoms. The Hall–Kier alpha value is -2.84. The summed E-state index contributed by atoms with van der Waals surface area (Å²) in [6.07, 6.45) is 3.06. The number of hydrogen-bond donors (Lipinski definition) is 1. The van der Waals surface area contributed by atoms with Gasteiger partial charge in [0, 0.05) is 49.9 Å². The van der Waals surface area contributed by atoms with Crippen molar-refractivity contribution in [1.29, 1.82) is 0 Å². The van der Waals surface area contributed by atoms with Crippen molar-refractivity contribution >= 4 is 35.2 Å². The maximum atomic E-state index is 12.9. The van der Waals surface area contributed by atoms with Crippen molar-refractivity contribution in [2.75, 3.05) is 45.7 Å². The highest BCUT2D eigenvalue weighted by molar-refractivity contribution is 6.31. The van der Waals surface area contributed by atoms with Crippen LogP contribution < -0.4 is 10.1 Å². The summed E-state index contributed by atoms with van der Waals surface area (Å²) in [5.41, 5.74) is 2.40. The Kier molecular flexibility index (Phi) is 8.15. The molecule has 1 aromatic heterocycles. The first-order chi connectivity index (χ1) is 15.7. The van der Waals surface area contributed by atoms with Crippen molar-refractivity contribution in [3.05, 3.63) is 46.2 Å². The molecule has 0 saturated carbocycles. The monoisotopic (exact) mass is 473 g/mol. The third-order valence-corrected chi connectivity index (χ3v) is 5.94. The molecule has 178 valence electrons. The van der Waals surface area contributed by atoms with Gasteiger partial charge in [-0.25, -0.2) is 0 Å². The summed E-state index contributed by atoms with van der Waals surface area (Å²) in [7, 11) is 3.56. The van der Waals surface area contributed by atoms with E-state index < -0.39 is 0 Å². The lowest BCUT2D eigenvalue weighted by Gasteiger charge is -2.32. The molecule has 8 nitrogen and oxygen atoms in total. The van der Waals surface area contributed by atoms with Crippen LogP contribution in [-0.2, 0) is 11.3 Å². The first-order valence-electron chi connectivity index (χ1n) is 11.1. The van der Waals surface area contributed by atoms with Crippen molar-refractivity contribution in [2.45, 2.75) is 27.3 Å². The molecule has 1 aromatic carbocycles. The highest BCUT2D eigenvalue weighted by Crippen LogP contribution is 2.27. The molecule has 1 saturated heterocycles. The van der Waals surface area contributed by atoms with E-state index in [9.17, 15) is 9.59 Å². The first kappa shape index (κ1) is 24.8. The molecule has 0 bridgehead atoms. The van der Waals surface area contributed by atoms with E-state index in [0.717, 1.165) is 18.8 Å². The highest BCUT2D eigenvalue weighted by Gasteiger charge is 2.21. The standard InChI is InChI=1S/C24H32ClN5O3/c1-16(2)15-30-23(25)19(17(3)27-30)7-9-22(31)26-20-14-18(6-8-21(20)33-5)24(32)29-12-10-28(4)11-13-29/h6-9,14,16H,10-13,15H2,1-5H3,(H,26,31)/b9-7+. The fourth-order valence-electron chi connectivity index (χ4n) is 3.69. The molecule has 1 N–H and O–H groups in total. The number of likely N-dealkylation sites (N-methyl/N-ethyl adjacent to an activating group) is 1. The number of halogens is 1. The molecule has 2 heterocycles. The second-order valence-electron chi connectivity index (χ2n) is 8.70. The molecule has 9 heteroatoms. The fraction of sp³-hybridized carbons (Fsp3) is 0.458. The zero-order valence-electron chi connectivity index (χ0n) is 19.9. The van der Waals surface area contributed by atoms with Gasteiger partial charge in [0.15, 0.2) is 0 Å². The van der Waals surface area contributed by atoms with Gasteiger partial charge in [0.2, 0.25) is 5.91 Å². The van der Waals surface area contributed by atoms with E-state index in [-0.39, 0.29) is 11.8 Å².